The smallest absolute Gasteiger partial charge is 0.474 e. The van der Waals surface area contributed by atoms with Crippen LogP contribution in [0.3, 0.4) is 0 Å². The first-order valence-electron chi connectivity index (χ1n) is 4.28. The number of hydrogen-bond acceptors (Lipinski definition) is 2. The molecule has 18 heavy (non-hydrogen) atoms. The van der Waals surface area contributed by atoms with Crippen LogP contribution < -0.4 is 4.74 Å². The largest absolute Gasteiger partial charge is 0.504 e. The standard InChI is InChI=1S/C9H5F7O2/c10-7(11,8(12,13)14)9(15,16)18-6-4-2-1-3-5(6)17/h1-4,17H. The molecule has 1 aromatic rings. The highest BCUT2D eigenvalue weighted by Crippen LogP contribution is 2.47. The summed E-state index contributed by atoms with van der Waals surface area (Å²) in [5, 5.41) is 8.96. The first kappa shape index (κ1) is 14.4. The quantitative estimate of drug-likeness (QED) is 0.856. The van der Waals surface area contributed by atoms with Gasteiger partial charge in [-0.2, -0.15) is 30.7 Å². The van der Waals surface area contributed by atoms with E-state index in [0.29, 0.717) is 6.07 Å². The number of rotatable bonds is 3. The first-order valence-corrected chi connectivity index (χ1v) is 4.28. The Bertz CT molecular complexity index is 427. The van der Waals surface area contributed by atoms with Gasteiger partial charge in [0.05, 0.1) is 0 Å². The van der Waals surface area contributed by atoms with E-state index in [2.05, 4.69) is 4.74 Å². The highest BCUT2D eigenvalue weighted by atomic mass is 19.4. The molecule has 0 atom stereocenters. The molecule has 0 aromatic heterocycles. The first-order chi connectivity index (χ1) is 7.99. The average molecular weight is 278 g/mol. The van der Waals surface area contributed by atoms with Crippen LogP contribution in [0, 0.1) is 0 Å². The molecule has 1 rings (SSSR count). The third-order valence-electron chi connectivity index (χ3n) is 1.82. The minimum absolute atomic E-state index is 0.621. The van der Waals surface area contributed by atoms with E-state index in [-0.39, 0.29) is 0 Å². The number of alkyl halides is 7. The molecule has 0 unspecified atom stereocenters. The third-order valence-corrected chi connectivity index (χ3v) is 1.82. The molecule has 9 heteroatoms. The zero-order chi connectivity index (χ0) is 14.2. The molecule has 0 saturated carbocycles. The lowest BCUT2D eigenvalue weighted by Crippen LogP contribution is -2.55. The van der Waals surface area contributed by atoms with E-state index in [1.807, 2.05) is 0 Å². The van der Waals surface area contributed by atoms with Gasteiger partial charge in [-0.15, -0.1) is 0 Å². The summed E-state index contributed by atoms with van der Waals surface area (Å²) in [6, 6.07) is 3.56. The van der Waals surface area contributed by atoms with E-state index in [1.165, 1.54) is 0 Å². The molecule has 102 valence electrons. The molecular formula is C9H5F7O2. The van der Waals surface area contributed by atoms with Crippen molar-refractivity contribution in [3.8, 4) is 11.5 Å². The summed E-state index contributed by atoms with van der Waals surface area (Å²) in [6.07, 6.45) is -12.3. The van der Waals surface area contributed by atoms with E-state index in [4.69, 9.17) is 5.11 Å². The number of phenolic OH excluding ortho intramolecular Hbond substituents is 1. The van der Waals surface area contributed by atoms with E-state index in [1.54, 1.807) is 0 Å². The number of halogens is 7. The lowest BCUT2D eigenvalue weighted by atomic mass is 10.3. The number of aromatic hydroxyl groups is 1. The van der Waals surface area contributed by atoms with Gasteiger partial charge in [-0.05, 0) is 12.1 Å². The second-order valence-corrected chi connectivity index (χ2v) is 3.16. The second-order valence-electron chi connectivity index (χ2n) is 3.16. The summed E-state index contributed by atoms with van der Waals surface area (Å²) in [6.45, 7) is 0. The third kappa shape index (κ3) is 2.44. The maximum absolute atomic E-state index is 12.8. The SMILES string of the molecule is Oc1ccccc1OC(F)(F)C(F)(F)C(F)(F)F. The molecule has 0 bridgehead atoms. The Morgan fingerprint density at radius 1 is 0.889 bits per heavy atom. The van der Waals surface area contributed by atoms with Gasteiger partial charge >= 0.3 is 18.2 Å². The zero-order valence-corrected chi connectivity index (χ0v) is 8.31. The fourth-order valence-corrected chi connectivity index (χ4v) is 0.911. The average Bonchev–Trinajstić information content (AvgIpc) is 2.19. The van der Waals surface area contributed by atoms with Crippen molar-refractivity contribution in [2.75, 3.05) is 0 Å². The van der Waals surface area contributed by atoms with Crippen molar-refractivity contribution in [1.82, 2.24) is 0 Å². The van der Waals surface area contributed by atoms with Crippen LogP contribution in [0.4, 0.5) is 30.7 Å². The molecule has 0 fully saturated rings. The fraction of sp³-hybridized carbons (Fsp3) is 0.333. The van der Waals surface area contributed by atoms with E-state index in [0.717, 1.165) is 18.2 Å². The zero-order valence-electron chi connectivity index (χ0n) is 8.31. The molecule has 2 nitrogen and oxygen atoms in total. The summed E-state index contributed by atoms with van der Waals surface area (Å²) in [7, 11) is 0. The molecule has 0 heterocycles. The Kier molecular flexibility index (Phi) is 3.37. The van der Waals surface area contributed by atoms with Crippen LogP contribution in [0.25, 0.3) is 0 Å². The van der Waals surface area contributed by atoms with Crippen molar-refractivity contribution >= 4 is 0 Å². The van der Waals surface area contributed by atoms with Gasteiger partial charge < -0.3 is 9.84 Å². The topological polar surface area (TPSA) is 29.5 Å². The lowest BCUT2D eigenvalue weighted by molar-refractivity contribution is -0.403. The molecule has 0 amide bonds. The van der Waals surface area contributed by atoms with Crippen molar-refractivity contribution in [2.45, 2.75) is 18.2 Å². The summed E-state index contributed by atoms with van der Waals surface area (Å²) in [4.78, 5) is 0. The van der Waals surface area contributed by atoms with E-state index >= 15 is 0 Å². The molecule has 0 spiro atoms. The highest BCUT2D eigenvalue weighted by molar-refractivity contribution is 5.38. The molecule has 0 saturated heterocycles. The van der Waals surface area contributed by atoms with Gasteiger partial charge in [-0.25, -0.2) is 0 Å². The Labute approximate surface area is 95.6 Å². The maximum Gasteiger partial charge on any atom is 0.474 e. The fourth-order valence-electron chi connectivity index (χ4n) is 0.911. The van der Waals surface area contributed by atoms with Crippen LogP contribution in [-0.4, -0.2) is 23.3 Å². The van der Waals surface area contributed by atoms with Crippen LogP contribution in [0.1, 0.15) is 0 Å². The Morgan fingerprint density at radius 3 is 1.83 bits per heavy atom. The molecular weight excluding hydrogens is 273 g/mol. The van der Waals surface area contributed by atoms with E-state index in [9.17, 15) is 30.7 Å². The van der Waals surface area contributed by atoms with Crippen LogP contribution in [0.5, 0.6) is 11.5 Å². The summed E-state index contributed by atoms with van der Waals surface area (Å²) in [5.41, 5.74) is 0. The molecule has 0 aliphatic carbocycles. The van der Waals surface area contributed by atoms with Gasteiger partial charge in [0.25, 0.3) is 0 Å². The van der Waals surface area contributed by atoms with Crippen LogP contribution in [0.15, 0.2) is 24.3 Å². The minimum Gasteiger partial charge on any atom is -0.504 e. The van der Waals surface area contributed by atoms with Crippen molar-refractivity contribution in [3.05, 3.63) is 24.3 Å². The summed E-state index contributed by atoms with van der Waals surface area (Å²) >= 11 is 0. The summed E-state index contributed by atoms with van der Waals surface area (Å²) < 4.78 is 89.0. The molecule has 0 radical (unpaired) electrons. The number of phenols is 1. The molecule has 0 aliphatic heterocycles. The summed E-state index contributed by atoms with van der Waals surface area (Å²) in [5.74, 6) is -8.57. The van der Waals surface area contributed by atoms with Crippen molar-refractivity contribution in [1.29, 1.82) is 0 Å². The normalized spacial score (nSPS) is 13.5. The predicted octanol–water partition coefficient (Wildman–Crippen LogP) is 3.56. The number of benzene rings is 1. The van der Waals surface area contributed by atoms with Crippen LogP contribution in [-0.2, 0) is 0 Å². The van der Waals surface area contributed by atoms with Gasteiger partial charge in [0.2, 0.25) is 0 Å². The number of para-hydroxylation sites is 2. The Morgan fingerprint density at radius 2 is 1.39 bits per heavy atom. The van der Waals surface area contributed by atoms with Crippen LogP contribution >= 0.6 is 0 Å². The number of ether oxygens (including phenoxy) is 1. The Hall–Kier alpha value is -1.67. The molecule has 1 N–H and O–H groups in total. The van der Waals surface area contributed by atoms with Gasteiger partial charge in [0.15, 0.2) is 11.5 Å². The van der Waals surface area contributed by atoms with Gasteiger partial charge in [0, 0.05) is 0 Å². The molecule has 1 aromatic carbocycles. The van der Waals surface area contributed by atoms with Crippen LogP contribution in [0.2, 0.25) is 0 Å². The van der Waals surface area contributed by atoms with Gasteiger partial charge in [-0.1, -0.05) is 12.1 Å². The van der Waals surface area contributed by atoms with Gasteiger partial charge in [0.1, 0.15) is 0 Å². The van der Waals surface area contributed by atoms with Crippen molar-refractivity contribution in [3.63, 3.8) is 0 Å². The maximum atomic E-state index is 12.8. The van der Waals surface area contributed by atoms with Crippen molar-refractivity contribution < 1.29 is 40.6 Å². The lowest BCUT2D eigenvalue weighted by Gasteiger charge is -2.27. The predicted molar refractivity (Wildman–Crippen MR) is 44.7 cm³/mol. The van der Waals surface area contributed by atoms with E-state index < -0.39 is 29.7 Å². The minimum atomic E-state index is -6.49. The van der Waals surface area contributed by atoms with Crippen molar-refractivity contribution in [2.24, 2.45) is 0 Å². The Balaban J connectivity index is 3.06. The second kappa shape index (κ2) is 4.21. The highest BCUT2D eigenvalue weighted by Gasteiger charge is 2.75. The monoisotopic (exact) mass is 278 g/mol. The van der Waals surface area contributed by atoms with Gasteiger partial charge in [-0.3, -0.25) is 0 Å². The number of hydrogen-bond donors (Lipinski definition) is 1. The molecule has 0 aliphatic rings.